The highest BCUT2D eigenvalue weighted by Crippen LogP contribution is 2.38. The Morgan fingerprint density at radius 3 is 2.23 bits per heavy atom. The van der Waals surface area contributed by atoms with Crippen LogP contribution in [0.3, 0.4) is 0 Å². The molecule has 0 radical (unpaired) electrons. The van der Waals surface area contributed by atoms with Crippen molar-refractivity contribution >= 4 is 11.8 Å². The molecule has 2 aromatic rings. The zero-order chi connectivity index (χ0) is 18.9. The number of hydrazine groups is 1. The third-order valence-electron chi connectivity index (χ3n) is 3.58. The van der Waals surface area contributed by atoms with E-state index in [2.05, 4.69) is 15.8 Å². The van der Waals surface area contributed by atoms with Gasteiger partial charge in [-0.15, -0.1) is 0 Å². The molecule has 8 nitrogen and oxygen atoms in total. The average Bonchev–Trinajstić information content (AvgIpc) is 2.69. The standard InChI is InChI=1S/C18H21N3O5/c1-24-14-10-12(11-15(25-2)17(14)26-3)7-8-16(22)20-21-18(23)13-6-4-5-9-19-13/h4-6,9-11H,7-8H2,1-3H3,(H,20,22)(H,21,23). The van der Waals surface area contributed by atoms with Crippen LogP contribution in [0.15, 0.2) is 36.5 Å². The van der Waals surface area contributed by atoms with Crippen molar-refractivity contribution in [1.29, 1.82) is 0 Å². The van der Waals surface area contributed by atoms with Crippen molar-refractivity contribution in [2.24, 2.45) is 0 Å². The lowest BCUT2D eigenvalue weighted by Gasteiger charge is -2.14. The van der Waals surface area contributed by atoms with Gasteiger partial charge in [-0.1, -0.05) is 6.07 Å². The lowest BCUT2D eigenvalue weighted by Crippen LogP contribution is -2.42. The van der Waals surface area contributed by atoms with E-state index < -0.39 is 5.91 Å². The van der Waals surface area contributed by atoms with E-state index in [0.29, 0.717) is 23.7 Å². The Morgan fingerprint density at radius 2 is 1.69 bits per heavy atom. The molecule has 0 saturated heterocycles. The number of methoxy groups -OCH3 is 3. The van der Waals surface area contributed by atoms with Crippen LogP contribution >= 0.6 is 0 Å². The molecule has 0 unspecified atom stereocenters. The van der Waals surface area contributed by atoms with Gasteiger partial charge in [0, 0.05) is 12.6 Å². The first-order valence-electron chi connectivity index (χ1n) is 7.88. The van der Waals surface area contributed by atoms with Crippen LogP contribution in [0.1, 0.15) is 22.5 Å². The Morgan fingerprint density at radius 1 is 1.00 bits per heavy atom. The van der Waals surface area contributed by atoms with Crippen LogP contribution in [-0.2, 0) is 11.2 Å². The number of hydrogen-bond donors (Lipinski definition) is 2. The molecule has 0 aliphatic rings. The fraction of sp³-hybridized carbons (Fsp3) is 0.278. The van der Waals surface area contributed by atoms with Crippen molar-refractivity contribution in [3.63, 3.8) is 0 Å². The Kier molecular flexibility index (Phi) is 6.78. The molecular formula is C18H21N3O5. The number of rotatable bonds is 7. The van der Waals surface area contributed by atoms with Crippen molar-refractivity contribution in [3.8, 4) is 17.2 Å². The van der Waals surface area contributed by atoms with Crippen LogP contribution in [0.2, 0.25) is 0 Å². The largest absolute Gasteiger partial charge is 0.493 e. The molecule has 8 heteroatoms. The normalized spacial score (nSPS) is 9.96. The number of pyridine rings is 1. The van der Waals surface area contributed by atoms with Gasteiger partial charge in [0.25, 0.3) is 5.91 Å². The summed E-state index contributed by atoms with van der Waals surface area (Å²) in [5, 5.41) is 0. The van der Waals surface area contributed by atoms with Gasteiger partial charge in [0.1, 0.15) is 5.69 Å². The number of carbonyl (C=O) groups excluding carboxylic acids is 2. The Labute approximate surface area is 151 Å². The maximum atomic E-state index is 12.0. The predicted octanol–water partition coefficient (Wildman–Crippen LogP) is 1.50. The van der Waals surface area contributed by atoms with Crippen LogP contribution in [-0.4, -0.2) is 38.1 Å². The Bertz CT molecular complexity index is 740. The maximum absolute atomic E-state index is 12.0. The Hall–Kier alpha value is -3.29. The summed E-state index contributed by atoms with van der Waals surface area (Å²) < 4.78 is 15.8. The molecule has 0 bridgehead atoms. The van der Waals surface area contributed by atoms with Gasteiger partial charge in [-0.3, -0.25) is 25.4 Å². The van der Waals surface area contributed by atoms with Gasteiger partial charge >= 0.3 is 0 Å². The van der Waals surface area contributed by atoms with Gasteiger partial charge in [-0.25, -0.2) is 0 Å². The number of aromatic nitrogens is 1. The minimum atomic E-state index is -0.480. The number of benzene rings is 1. The Balaban J connectivity index is 1.92. The number of aryl methyl sites for hydroxylation is 1. The number of ether oxygens (including phenoxy) is 3. The first-order chi connectivity index (χ1) is 12.6. The second kappa shape index (κ2) is 9.26. The summed E-state index contributed by atoms with van der Waals surface area (Å²) in [4.78, 5) is 27.7. The van der Waals surface area contributed by atoms with Crippen LogP contribution in [0, 0.1) is 0 Å². The molecule has 0 saturated carbocycles. The average molecular weight is 359 g/mol. The summed E-state index contributed by atoms with van der Waals surface area (Å²) in [5.74, 6) is 0.719. The maximum Gasteiger partial charge on any atom is 0.288 e. The van der Waals surface area contributed by atoms with Crippen molar-refractivity contribution in [2.75, 3.05) is 21.3 Å². The second-order valence-corrected chi connectivity index (χ2v) is 5.25. The molecule has 0 aliphatic heterocycles. The first-order valence-corrected chi connectivity index (χ1v) is 7.88. The van der Waals surface area contributed by atoms with Crippen LogP contribution < -0.4 is 25.1 Å². The van der Waals surface area contributed by atoms with E-state index in [4.69, 9.17) is 14.2 Å². The lowest BCUT2D eigenvalue weighted by atomic mass is 10.1. The molecule has 1 heterocycles. The van der Waals surface area contributed by atoms with E-state index in [0.717, 1.165) is 5.56 Å². The van der Waals surface area contributed by atoms with Gasteiger partial charge in [0.15, 0.2) is 11.5 Å². The minimum absolute atomic E-state index is 0.168. The number of amides is 2. The smallest absolute Gasteiger partial charge is 0.288 e. The van der Waals surface area contributed by atoms with Crippen LogP contribution in [0.25, 0.3) is 0 Å². The van der Waals surface area contributed by atoms with Crippen molar-refractivity contribution in [1.82, 2.24) is 15.8 Å². The topological polar surface area (TPSA) is 98.8 Å². The summed E-state index contributed by atoms with van der Waals surface area (Å²) in [6.07, 6.45) is 2.10. The van der Waals surface area contributed by atoms with Gasteiger partial charge in [0.05, 0.1) is 21.3 Å². The highest BCUT2D eigenvalue weighted by atomic mass is 16.5. The van der Waals surface area contributed by atoms with E-state index in [-0.39, 0.29) is 18.0 Å². The highest BCUT2D eigenvalue weighted by molar-refractivity contribution is 5.93. The van der Waals surface area contributed by atoms with Crippen molar-refractivity contribution in [2.45, 2.75) is 12.8 Å². The molecule has 2 amide bonds. The molecule has 138 valence electrons. The van der Waals surface area contributed by atoms with Crippen molar-refractivity contribution in [3.05, 3.63) is 47.8 Å². The molecule has 2 N–H and O–H groups in total. The van der Waals surface area contributed by atoms with E-state index in [1.54, 1.807) is 30.3 Å². The quantitative estimate of drug-likeness (QED) is 0.727. The third-order valence-corrected chi connectivity index (χ3v) is 3.58. The summed E-state index contributed by atoms with van der Waals surface area (Å²) in [6, 6.07) is 8.50. The van der Waals surface area contributed by atoms with Gasteiger partial charge in [-0.2, -0.15) is 0 Å². The monoisotopic (exact) mass is 359 g/mol. The van der Waals surface area contributed by atoms with E-state index in [1.807, 2.05) is 0 Å². The molecule has 0 spiro atoms. The molecular weight excluding hydrogens is 338 g/mol. The number of nitrogens with one attached hydrogen (secondary N) is 2. The predicted molar refractivity (Wildman–Crippen MR) is 94.3 cm³/mol. The second-order valence-electron chi connectivity index (χ2n) is 5.25. The van der Waals surface area contributed by atoms with Gasteiger partial charge in [0.2, 0.25) is 11.7 Å². The summed E-state index contributed by atoms with van der Waals surface area (Å²) in [7, 11) is 4.58. The fourth-order valence-corrected chi connectivity index (χ4v) is 2.29. The fourth-order valence-electron chi connectivity index (χ4n) is 2.29. The minimum Gasteiger partial charge on any atom is -0.493 e. The van der Waals surface area contributed by atoms with Crippen molar-refractivity contribution < 1.29 is 23.8 Å². The summed E-state index contributed by atoms with van der Waals surface area (Å²) in [5.41, 5.74) is 5.75. The molecule has 0 fully saturated rings. The first kappa shape index (κ1) is 19.0. The summed E-state index contributed by atoms with van der Waals surface area (Å²) in [6.45, 7) is 0. The summed E-state index contributed by atoms with van der Waals surface area (Å²) >= 11 is 0. The molecule has 0 aliphatic carbocycles. The zero-order valence-corrected chi connectivity index (χ0v) is 14.9. The number of hydrogen-bond acceptors (Lipinski definition) is 6. The lowest BCUT2D eigenvalue weighted by molar-refractivity contribution is -0.121. The van der Waals surface area contributed by atoms with E-state index >= 15 is 0 Å². The van der Waals surface area contributed by atoms with E-state index in [1.165, 1.54) is 27.5 Å². The SMILES string of the molecule is COc1cc(CCC(=O)NNC(=O)c2ccccn2)cc(OC)c1OC. The third kappa shape index (κ3) is 4.85. The van der Waals surface area contributed by atoms with Gasteiger partial charge in [-0.05, 0) is 36.2 Å². The van der Waals surface area contributed by atoms with Gasteiger partial charge < -0.3 is 14.2 Å². The molecule has 1 aromatic carbocycles. The number of nitrogens with zero attached hydrogens (tertiary/aromatic N) is 1. The molecule has 0 atom stereocenters. The molecule has 1 aromatic heterocycles. The van der Waals surface area contributed by atoms with Crippen LogP contribution in [0.5, 0.6) is 17.2 Å². The zero-order valence-electron chi connectivity index (χ0n) is 14.9. The van der Waals surface area contributed by atoms with Crippen LogP contribution in [0.4, 0.5) is 0 Å². The number of carbonyl (C=O) groups is 2. The van der Waals surface area contributed by atoms with E-state index in [9.17, 15) is 9.59 Å². The highest BCUT2D eigenvalue weighted by Gasteiger charge is 2.14. The molecule has 2 rings (SSSR count). The molecule has 26 heavy (non-hydrogen) atoms.